The molecule has 1 fully saturated rings. The second kappa shape index (κ2) is 12.8. The summed E-state index contributed by atoms with van der Waals surface area (Å²) in [5.74, 6) is 0.210. The second-order valence-corrected chi connectivity index (χ2v) is 9.62. The Labute approximate surface area is 232 Å². The molecule has 1 aliphatic rings. The highest BCUT2D eigenvalue weighted by Gasteiger charge is 2.45. The highest BCUT2D eigenvalue weighted by molar-refractivity contribution is 7.99. The highest BCUT2D eigenvalue weighted by atomic mass is 32.2. The average molecular weight is 582 g/mol. The number of fused-ring (bicyclic) bond motifs is 1. The van der Waals surface area contributed by atoms with Gasteiger partial charge in [0.2, 0.25) is 5.75 Å². The van der Waals surface area contributed by atoms with Gasteiger partial charge in [-0.1, -0.05) is 11.8 Å². The van der Waals surface area contributed by atoms with Crippen LogP contribution in [-0.2, 0) is 9.47 Å². The van der Waals surface area contributed by atoms with Crippen LogP contribution in [0.15, 0.2) is 23.6 Å². The Morgan fingerprint density at radius 3 is 2.50 bits per heavy atom. The van der Waals surface area contributed by atoms with Crippen LogP contribution in [0, 0.1) is 0 Å². The number of esters is 1. The molecule has 4 rings (SSSR count). The van der Waals surface area contributed by atoms with Crippen LogP contribution in [0.5, 0.6) is 17.2 Å². The number of aliphatic hydroxyl groups excluding tert-OH is 4. The number of methoxy groups -OCH3 is 2. The van der Waals surface area contributed by atoms with E-state index < -0.39 is 43.2 Å². The highest BCUT2D eigenvalue weighted by Crippen LogP contribution is 2.39. The summed E-state index contributed by atoms with van der Waals surface area (Å²) in [6, 6.07) is 2.90. The Balaban J connectivity index is 1.52. The molecule has 218 valence electrons. The molecule has 0 spiro atoms. The number of benzene rings is 1. The van der Waals surface area contributed by atoms with Gasteiger partial charge in [-0.2, -0.15) is 0 Å². The van der Waals surface area contributed by atoms with E-state index in [9.17, 15) is 25.2 Å². The summed E-state index contributed by atoms with van der Waals surface area (Å²) in [7, 11) is 2.81. The number of rotatable bonds is 12. The predicted octanol–water partition coefficient (Wildman–Crippen LogP) is -0.254. The molecule has 3 heterocycles. The van der Waals surface area contributed by atoms with Crippen LogP contribution in [0.3, 0.4) is 0 Å². The molecular formula is C24H31N5O10S. The smallest absolute Gasteiger partial charge is 0.338 e. The number of ether oxygens (including phenoxy) is 5. The standard InChI is InChI=1S/C24H31N5O10S/c1-4-37-23(34)11-5-13(35-2)19(14(6-11)36-3)38-8-12(31)9-40-24-28-16-20(25)26-10-27-21(16)29(24)22-18(33)17(32)15(7-30)39-22/h5-6,10,12,15,17-18,22,30-33H,4,7-9H2,1-3H3,(H2,25,26,27)/t12?,15-,17-,18-,22-/m1/s1. The first kappa shape index (κ1) is 29.6. The molecule has 0 radical (unpaired) electrons. The molecule has 16 heteroatoms. The van der Waals surface area contributed by atoms with E-state index in [1.807, 2.05) is 0 Å². The first-order valence-corrected chi connectivity index (χ1v) is 13.2. The van der Waals surface area contributed by atoms with Gasteiger partial charge in [0.25, 0.3) is 0 Å². The van der Waals surface area contributed by atoms with Gasteiger partial charge >= 0.3 is 5.97 Å². The number of nitrogens with two attached hydrogens (primary N) is 1. The number of hydrogen-bond acceptors (Lipinski definition) is 15. The molecule has 2 aromatic heterocycles. The monoisotopic (exact) mass is 581 g/mol. The van der Waals surface area contributed by atoms with Gasteiger partial charge < -0.3 is 49.8 Å². The van der Waals surface area contributed by atoms with Crippen molar-refractivity contribution < 1.29 is 48.9 Å². The molecule has 0 saturated carbocycles. The molecule has 6 N–H and O–H groups in total. The number of carbonyl (C=O) groups excluding carboxylic acids is 1. The quantitative estimate of drug-likeness (QED) is 0.138. The summed E-state index contributed by atoms with van der Waals surface area (Å²) in [5, 5.41) is 41.4. The fourth-order valence-corrected chi connectivity index (χ4v) is 5.01. The van der Waals surface area contributed by atoms with Crippen molar-refractivity contribution >= 4 is 34.7 Å². The summed E-state index contributed by atoms with van der Waals surface area (Å²) in [4.78, 5) is 24.8. The third-order valence-corrected chi connectivity index (χ3v) is 7.14. The number of aromatic nitrogens is 4. The minimum atomic E-state index is -1.39. The zero-order valence-corrected chi connectivity index (χ0v) is 22.8. The number of imidazole rings is 1. The van der Waals surface area contributed by atoms with E-state index in [0.29, 0.717) is 0 Å². The third kappa shape index (κ3) is 5.86. The lowest BCUT2D eigenvalue weighted by Crippen LogP contribution is -2.33. The minimum absolute atomic E-state index is 0.0665. The van der Waals surface area contributed by atoms with Gasteiger partial charge in [0.15, 0.2) is 39.9 Å². The summed E-state index contributed by atoms with van der Waals surface area (Å²) in [6.07, 6.45) is -4.70. The lowest BCUT2D eigenvalue weighted by molar-refractivity contribution is -0.0548. The molecule has 1 unspecified atom stereocenters. The van der Waals surface area contributed by atoms with Gasteiger partial charge in [-0.05, 0) is 19.1 Å². The van der Waals surface area contributed by atoms with Crippen molar-refractivity contribution in [1.29, 1.82) is 0 Å². The molecule has 0 bridgehead atoms. The summed E-state index contributed by atoms with van der Waals surface area (Å²) < 4.78 is 28.7. The van der Waals surface area contributed by atoms with Crippen molar-refractivity contribution in [3.63, 3.8) is 0 Å². The Bertz CT molecular complexity index is 1320. The van der Waals surface area contributed by atoms with Crippen molar-refractivity contribution in [2.45, 2.75) is 42.7 Å². The Morgan fingerprint density at radius 2 is 1.90 bits per heavy atom. The van der Waals surface area contributed by atoms with E-state index in [1.54, 1.807) is 6.92 Å². The van der Waals surface area contributed by atoms with E-state index in [1.165, 1.54) is 37.2 Å². The molecule has 15 nitrogen and oxygen atoms in total. The molecular weight excluding hydrogens is 550 g/mol. The second-order valence-electron chi connectivity index (χ2n) is 8.63. The molecule has 1 aliphatic heterocycles. The Morgan fingerprint density at radius 1 is 1.20 bits per heavy atom. The van der Waals surface area contributed by atoms with Crippen molar-refractivity contribution in [3.05, 3.63) is 24.0 Å². The van der Waals surface area contributed by atoms with Gasteiger partial charge in [0.1, 0.15) is 31.2 Å². The Hall–Kier alpha value is -3.41. The number of nitrogen functional groups attached to an aromatic ring is 1. The third-order valence-electron chi connectivity index (χ3n) is 6.04. The first-order chi connectivity index (χ1) is 19.2. The van der Waals surface area contributed by atoms with Gasteiger partial charge in [-0.25, -0.2) is 19.7 Å². The van der Waals surface area contributed by atoms with Crippen LogP contribution in [0.1, 0.15) is 23.5 Å². The molecule has 1 aromatic carbocycles. The molecule has 3 aromatic rings. The zero-order valence-electron chi connectivity index (χ0n) is 22.0. The topological polar surface area (TPSA) is 214 Å². The van der Waals surface area contributed by atoms with Crippen molar-refractivity contribution in [3.8, 4) is 17.2 Å². The molecule has 0 amide bonds. The lowest BCUT2D eigenvalue weighted by Gasteiger charge is -2.20. The van der Waals surface area contributed by atoms with Crippen molar-refractivity contribution in [2.24, 2.45) is 0 Å². The number of carbonyl (C=O) groups is 1. The number of hydrogen-bond donors (Lipinski definition) is 5. The first-order valence-electron chi connectivity index (χ1n) is 12.2. The van der Waals surface area contributed by atoms with Crippen molar-refractivity contribution in [1.82, 2.24) is 19.5 Å². The molecule has 40 heavy (non-hydrogen) atoms. The van der Waals surface area contributed by atoms with Crippen LogP contribution in [0.4, 0.5) is 5.82 Å². The maximum Gasteiger partial charge on any atom is 0.338 e. The van der Waals surface area contributed by atoms with Crippen LogP contribution in [0.2, 0.25) is 0 Å². The number of anilines is 1. The van der Waals surface area contributed by atoms with E-state index in [4.69, 9.17) is 29.4 Å². The van der Waals surface area contributed by atoms with Gasteiger partial charge in [-0.3, -0.25) is 4.57 Å². The fraction of sp³-hybridized carbons (Fsp3) is 0.500. The largest absolute Gasteiger partial charge is 0.493 e. The minimum Gasteiger partial charge on any atom is -0.493 e. The van der Waals surface area contributed by atoms with Crippen LogP contribution >= 0.6 is 11.8 Å². The van der Waals surface area contributed by atoms with Crippen LogP contribution < -0.4 is 19.9 Å². The number of aliphatic hydroxyl groups is 4. The van der Waals surface area contributed by atoms with E-state index in [-0.39, 0.29) is 63.9 Å². The SMILES string of the molecule is CCOC(=O)c1cc(OC)c(OCC(O)CSc2nc3c(N)ncnc3n2[C@@H]2O[C@H](CO)[C@@H](O)[C@H]2O)c(OC)c1. The number of thioether (sulfide) groups is 1. The lowest BCUT2D eigenvalue weighted by atomic mass is 10.1. The Kier molecular flexibility index (Phi) is 9.49. The van der Waals surface area contributed by atoms with Crippen LogP contribution in [-0.4, -0.2) is 110 Å². The predicted molar refractivity (Wildman–Crippen MR) is 140 cm³/mol. The maximum atomic E-state index is 12.2. The van der Waals surface area contributed by atoms with Crippen molar-refractivity contribution in [2.75, 3.05) is 45.5 Å². The summed E-state index contributed by atoms with van der Waals surface area (Å²) in [5.41, 5.74) is 6.67. The average Bonchev–Trinajstić information content (AvgIpc) is 3.47. The zero-order chi connectivity index (χ0) is 29.0. The molecule has 1 saturated heterocycles. The number of nitrogens with zero attached hydrogens (tertiary/aromatic N) is 4. The normalized spacial score (nSPS) is 21.4. The van der Waals surface area contributed by atoms with Crippen LogP contribution in [0.25, 0.3) is 11.2 Å². The van der Waals surface area contributed by atoms with Gasteiger partial charge in [0.05, 0.1) is 39.1 Å². The van der Waals surface area contributed by atoms with Gasteiger partial charge in [-0.15, -0.1) is 0 Å². The fourth-order valence-electron chi connectivity index (χ4n) is 4.08. The van der Waals surface area contributed by atoms with E-state index in [0.717, 1.165) is 11.8 Å². The summed E-state index contributed by atoms with van der Waals surface area (Å²) in [6.45, 7) is 1.20. The molecule has 0 aliphatic carbocycles. The van der Waals surface area contributed by atoms with E-state index >= 15 is 0 Å². The van der Waals surface area contributed by atoms with E-state index in [2.05, 4.69) is 15.0 Å². The molecule has 5 atom stereocenters. The summed E-state index contributed by atoms with van der Waals surface area (Å²) >= 11 is 1.09. The maximum absolute atomic E-state index is 12.2. The van der Waals surface area contributed by atoms with Gasteiger partial charge in [0, 0.05) is 5.75 Å².